The molecule has 0 radical (unpaired) electrons. The fourth-order valence-corrected chi connectivity index (χ4v) is 2.77. The molecule has 120 valence electrons. The summed E-state index contributed by atoms with van der Waals surface area (Å²) in [6, 6.07) is 13.3. The van der Waals surface area contributed by atoms with E-state index < -0.39 is 17.1 Å². The van der Waals surface area contributed by atoms with Crippen LogP contribution in [0.1, 0.15) is 5.56 Å². The van der Waals surface area contributed by atoms with E-state index in [-0.39, 0.29) is 12.2 Å². The van der Waals surface area contributed by atoms with Crippen molar-refractivity contribution in [2.45, 2.75) is 6.54 Å². The van der Waals surface area contributed by atoms with Gasteiger partial charge in [-0.25, -0.2) is 9.18 Å². The number of rotatable bonds is 2. The molecule has 2 heterocycles. The number of hydrazine groups is 1. The van der Waals surface area contributed by atoms with Crippen molar-refractivity contribution < 1.29 is 4.39 Å². The number of nitrogens with zero attached hydrogens (tertiary/aromatic N) is 1. The summed E-state index contributed by atoms with van der Waals surface area (Å²) in [4.78, 5) is 27.8. The predicted octanol–water partition coefficient (Wildman–Crippen LogP) is 2.14. The average Bonchev–Trinajstić information content (AvgIpc) is 2.59. The molecule has 4 rings (SSSR count). The summed E-state index contributed by atoms with van der Waals surface area (Å²) in [5.74, 6) is -0.411. The molecule has 6 nitrogen and oxygen atoms in total. The molecule has 0 aliphatic carbocycles. The SMILES string of the molecule is O=c1[nH]c2c(c(=O)n1Cc1ccccc1)NNc1cc(F)ccc1-2. The molecule has 24 heavy (non-hydrogen) atoms. The third kappa shape index (κ3) is 2.26. The Kier molecular flexibility index (Phi) is 3.19. The van der Waals surface area contributed by atoms with Crippen molar-refractivity contribution in [2.75, 3.05) is 10.9 Å². The highest BCUT2D eigenvalue weighted by Crippen LogP contribution is 2.33. The number of halogens is 1. The third-order valence-corrected chi connectivity index (χ3v) is 3.94. The molecule has 3 aromatic rings. The molecule has 7 heteroatoms. The molecule has 1 aliphatic rings. The molecule has 0 spiro atoms. The van der Waals surface area contributed by atoms with E-state index in [4.69, 9.17) is 0 Å². The fourth-order valence-electron chi connectivity index (χ4n) is 2.77. The first-order valence-corrected chi connectivity index (χ1v) is 7.36. The van der Waals surface area contributed by atoms with Crippen molar-refractivity contribution >= 4 is 11.4 Å². The molecule has 0 bridgehead atoms. The van der Waals surface area contributed by atoms with Gasteiger partial charge in [0.05, 0.1) is 17.9 Å². The maximum Gasteiger partial charge on any atom is 0.329 e. The van der Waals surface area contributed by atoms with Crippen LogP contribution in [-0.2, 0) is 6.54 Å². The van der Waals surface area contributed by atoms with Crippen molar-refractivity contribution in [1.29, 1.82) is 0 Å². The van der Waals surface area contributed by atoms with E-state index in [1.54, 1.807) is 0 Å². The Morgan fingerprint density at radius 1 is 1.00 bits per heavy atom. The van der Waals surface area contributed by atoms with E-state index in [9.17, 15) is 14.0 Å². The van der Waals surface area contributed by atoms with Gasteiger partial charge in [-0.05, 0) is 23.8 Å². The second kappa shape index (κ2) is 5.38. The minimum atomic E-state index is -0.512. The van der Waals surface area contributed by atoms with Crippen molar-refractivity contribution in [3.63, 3.8) is 0 Å². The molecule has 0 amide bonds. The highest BCUT2D eigenvalue weighted by atomic mass is 19.1. The molecule has 0 unspecified atom stereocenters. The van der Waals surface area contributed by atoms with E-state index in [1.165, 1.54) is 18.2 Å². The smallest absolute Gasteiger partial charge is 0.305 e. The monoisotopic (exact) mass is 324 g/mol. The van der Waals surface area contributed by atoms with Gasteiger partial charge in [0, 0.05) is 5.56 Å². The molecule has 0 saturated carbocycles. The molecule has 0 saturated heterocycles. The quantitative estimate of drug-likeness (QED) is 0.675. The van der Waals surface area contributed by atoms with Crippen LogP contribution in [-0.4, -0.2) is 9.55 Å². The van der Waals surface area contributed by atoms with E-state index in [1.807, 2.05) is 30.3 Å². The number of anilines is 2. The normalized spacial score (nSPS) is 11.9. The highest BCUT2D eigenvalue weighted by molar-refractivity contribution is 5.87. The molecule has 1 aliphatic heterocycles. The van der Waals surface area contributed by atoms with E-state index in [0.717, 1.165) is 10.1 Å². The summed E-state index contributed by atoms with van der Waals surface area (Å²) >= 11 is 0. The summed E-state index contributed by atoms with van der Waals surface area (Å²) < 4.78 is 14.5. The van der Waals surface area contributed by atoms with Gasteiger partial charge in [-0.1, -0.05) is 30.3 Å². The van der Waals surface area contributed by atoms with Crippen LogP contribution in [0.2, 0.25) is 0 Å². The minimum Gasteiger partial charge on any atom is -0.305 e. The number of aromatic nitrogens is 2. The Morgan fingerprint density at radius 2 is 1.79 bits per heavy atom. The molecule has 0 fully saturated rings. The first-order chi connectivity index (χ1) is 11.6. The zero-order valence-corrected chi connectivity index (χ0v) is 12.5. The van der Waals surface area contributed by atoms with E-state index >= 15 is 0 Å². The van der Waals surface area contributed by atoms with Crippen LogP contribution in [0.3, 0.4) is 0 Å². The van der Waals surface area contributed by atoms with Gasteiger partial charge in [0.1, 0.15) is 11.5 Å². The van der Waals surface area contributed by atoms with E-state index in [0.29, 0.717) is 16.9 Å². The number of H-pyrrole nitrogens is 1. The van der Waals surface area contributed by atoms with Crippen LogP contribution in [0.5, 0.6) is 0 Å². The van der Waals surface area contributed by atoms with Crippen molar-refractivity contribution in [3.05, 3.63) is 80.7 Å². The summed E-state index contributed by atoms with van der Waals surface area (Å²) in [5, 5.41) is 0. The van der Waals surface area contributed by atoms with Gasteiger partial charge in [-0.3, -0.25) is 20.2 Å². The van der Waals surface area contributed by atoms with Gasteiger partial charge in [0.25, 0.3) is 5.56 Å². The first-order valence-electron chi connectivity index (χ1n) is 7.36. The number of benzene rings is 2. The Hall–Kier alpha value is -3.35. The molecular weight excluding hydrogens is 311 g/mol. The summed E-state index contributed by atoms with van der Waals surface area (Å²) in [5.41, 5.74) is 7.01. The van der Waals surface area contributed by atoms with Gasteiger partial charge >= 0.3 is 5.69 Å². The second-order valence-electron chi connectivity index (χ2n) is 5.50. The lowest BCUT2D eigenvalue weighted by Gasteiger charge is -2.22. The lowest BCUT2D eigenvalue weighted by molar-refractivity contribution is 0.628. The maximum atomic E-state index is 13.3. The molecule has 1 aromatic heterocycles. The van der Waals surface area contributed by atoms with Crippen LogP contribution in [0.15, 0.2) is 58.1 Å². The second-order valence-corrected chi connectivity index (χ2v) is 5.50. The van der Waals surface area contributed by atoms with Crippen molar-refractivity contribution in [1.82, 2.24) is 9.55 Å². The number of fused-ring (bicyclic) bond motifs is 3. The highest BCUT2D eigenvalue weighted by Gasteiger charge is 2.22. The fraction of sp³-hybridized carbons (Fsp3) is 0.0588. The number of aromatic amines is 1. The maximum absolute atomic E-state index is 13.3. The van der Waals surface area contributed by atoms with Gasteiger partial charge in [0.15, 0.2) is 0 Å². The zero-order valence-electron chi connectivity index (χ0n) is 12.5. The van der Waals surface area contributed by atoms with Gasteiger partial charge in [0.2, 0.25) is 0 Å². The van der Waals surface area contributed by atoms with Crippen LogP contribution < -0.4 is 22.1 Å². The standard InChI is InChI=1S/C17H13FN4O2/c18-11-6-7-12-13(8-11)20-21-15-14(12)19-17(24)22(16(15)23)9-10-4-2-1-3-5-10/h1-8,20-21H,9H2,(H,19,24). The number of hydrogen-bond acceptors (Lipinski definition) is 4. The first kappa shape index (κ1) is 14.3. The Morgan fingerprint density at radius 3 is 2.58 bits per heavy atom. The lowest BCUT2D eigenvalue weighted by atomic mass is 10.1. The van der Waals surface area contributed by atoms with Gasteiger partial charge < -0.3 is 4.98 Å². The summed E-state index contributed by atoms with van der Waals surface area (Å²) in [6.45, 7) is 0.167. The molecule has 2 aromatic carbocycles. The third-order valence-electron chi connectivity index (χ3n) is 3.94. The van der Waals surface area contributed by atoms with Gasteiger partial charge in [-0.2, -0.15) is 0 Å². The van der Waals surface area contributed by atoms with Crippen LogP contribution in [0, 0.1) is 5.82 Å². The van der Waals surface area contributed by atoms with Crippen LogP contribution >= 0.6 is 0 Å². The Balaban J connectivity index is 1.86. The number of hydrogen-bond donors (Lipinski definition) is 3. The largest absolute Gasteiger partial charge is 0.329 e. The van der Waals surface area contributed by atoms with Gasteiger partial charge in [-0.15, -0.1) is 0 Å². The Bertz CT molecular complexity index is 1040. The van der Waals surface area contributed by atoms with Crippen molar-refractivity contribution in [2.24, 2.45) is 0 Å². The summed E-state index contributed by atoms with van der Waals surface area (Å²) in [7, 11) is 0. The number of nitrogens with one attached hydrogen (secondary N) is 3. The zero-order chi connectivity index (χ0) is 16.7. The summed E-state index contributed by atoms with van der Waals surface area (Å²) in [6.07, 6.45) is 0. The Labute approximate surface area is 135 Å². The van der Waals surface area contributed by atoms with Crippen LogP contribution in [0.25, 0.3) is 11.3 Å². The minimum absolute atomic E-state index is 0.167. The van der Waals surface area contributed by atoms with Crippen molar-refractivity contribution in [3.8, 4) is 11.3 Å². The molecule has 3 N–H and O–H groups in total. The molecular formula is C17H13FN4O2. The lowest BCUT2D eigenvalue weighted by Crippen LogP contribution is -2.39. The van der Waals surface area contributed by atoms with E-state index in [2.05, 4.69) is 15.8 Å². The average molecular weight is 324 g/mol. The van der Waals surface area contributed by atoms with Crippen LogP contribution in [0.4, 0.5) is 15.8 Å². The predicted molar refractivity (Wildman–Crippen MR) is 89.5 cm³/mol. The topological polar surface area (TPSA) is 78.9 Å². The molecule has 0 atom stereocenters.